The van der Waals surface area contributed by atoms with Crippen molar-refractivity contribution < 1.29 is 28.7 Å². The fourth-order valence-electron chi connectivity index (χ4n) is 6.29. The van der Waals surface area contributed by atoms with Crippen molar-refractivity contribution in [3.63, 3.8) is 0 Å². The SMILES string of the molecule is COC(=O)Nc1ccc2c(c1)NC(=O)[C@@H](C)CCC[C@H](N)c1cc-2ccn1.COC(=O)Nc1ccc2c(c1)NC(=O)[C@H](C)CCC[C@H](N)c1cc-2ccn1. The molecule has 2 aromatic heterocycles. The van der Waals surface area contributed by atoms with E-state index >= 15 is 0 Å². The molecule has 0 saturated heterocycles. The molecule has 0 unspecified atom stereocenters. The number of fused-ring (bicyclic) bond motifs is 8. The summed E-state index contributed by atoms with van der Waals surface area (Å²) in [5.74, 6) is -0.411. The Morgan fingerprint density at radius 1 is 0.648 bits per heavy atom. The molecule has 4 aromatic rings. The van der Waals surface area contributed by atoms with E-state index in [0.717, 1.165) is 72.2 Å². The lowest BCUT2D eigenvalue weighted by Crippen LogP contribution is -2.22. The fourth-order valence-corrected chi connectivity index (χ4v) is 6.29. The third-order valence-corrected chi connectivity index (χ3v) is 9.56. The molecule has 54 heavy (non-hydrogen) atoms. The quantitative estimate of drug-likeness (QED) is 0.120. The first-order valence-corrected chi connectivity index (χ1v) is 18.0. The number of carbonyl (C=O) groups excluding carboxylic acids is 4. The van der Waals surface area contributed by atoms with Gasteiger partial charge in [-0.1, -0.05) is 38.8 Å². The van der Waals surface area contributed by atoms with Gasteiger partial charge in [-0.25, -0.2) is 9.59 Å². The summed E-state index contributed by atoms with van der Waals surface area (Å²) in [5.41, 5.74) is 20.0. The van der Waals surface area contributed by atoms with E-state index in [0.29, 0.717) is 22.7 Å². The van der Waals surface area contributed by atoms with Crippen LogP contribution in [-0.4, -0.2) is 48.2 Å². The smallest absolute Gasteiger partial charge is 0.411 e. The molecule has 2 aliphatic rings. The van der Waals surface area contributed by atoms with Gasteiger partial charge in [0.1, 0.15) is 0 Å². The number of anilines is 4. The molecule has 6 rings (SSSR count). The lowest BCUT2D eigenvalue weighted by atomic mass is 9.96. The summed E-state index contributed by atoms with van der Waals surface area (Å²) in [4.78, 5) is 57.1. The number of hydrogen-bond donors (Lipinski definition) is 6. The van der Waals surface area contributed by atoms with Crippen molar-refractivity contribution in [3.05, 3.63) is 84.4 Å². The number of rotatable bonds is 2. The zero-order valence-electron chi connectivity index (χ0n) is 31.0. The topological polar surface area (TPSA) is 213 Å². The Bertz CT molecular complexity index is 1850. The van der Waals surface area contributed by atoms with E-state index < -0.39 is 12.2 Å². The van der Waals surface area contributed by atoms with Gasteiger partial charge in [-0.2, -0.15) is 0 Å². The molecule has 8 N–H and O–H groups in total. The normalized spacial score (nSPS) is 19.7. The fraction of sp³-hybridized carbons (Fsp3) is 0.350. The van der Waals surface area contributed by atoms with Crippen LogP contribution < -0.4 is 32.7 Å². The molecular formula is C40H48N8O6. The lowest BCUT2D eigenvalue weighted by molar-refractivity contribution is -0.120. The Hall–Kier alpha value is -5.86. The summed E-state index contributed by atoms with van der Waals surface area (Å²) in [6.45, 7) is 3.81. The van der Waals surface area contributed by atoms with Gasteiger partial charge in [0.2, 0.25) is 11.8 Å². The maximum Gasteiger partial charge on any atom is 0.411 e. The first kappa shape index (κ1) is 39.3. The molecule has 14 nitrogen and oxygen atoms in total. The number of methoxy groups -OCH3 is 2. The van der Waals surface area contributed by atoms with Crippen LogP contribution in [0, 0.1) is 11.8 Å². The van der Waals surface area contributed by atoms with Crippen LogP contribution in [0.1, 0.15) is 75.8 Å². The average molecular weight is 737 g/mol. The predicted octanol–water partition coefficient (Wildman–Crippen LogP) is 7.37. The molecule has 284 valence electrons. The minimum absolute atomic E-state index is 0.0603. The largest absolute Gasteiger partial charge is 0.453 e. The van der Waals surface area contributed by atoms with Gasteiger partial charge in [0.05, 0.1) is 37.0 Å². The van der Waals surface area contributed by atoms with Crippen molar-refractivity contribution >= 4 is 46.8 Å². The molecule has 0 aliphatic carbocycles. The van der Waals surface area contributed by atoms with Crippen LogP contribution in [0.4, 0.5) is 32.3 Å². The number of aromatic nitrogens is 2. The molecule has 4 atom stereocenters. The molecule has 4 heterocycles. The first-order valence-electron chi connectivity index (χ1n) is 18.0. The van der Waals surface area contributed by atoms with Gasteiger partial charge in [-0.3, -0.25) is 30.2 Å². The Morgan fingerprint density at radius 2 is 1.06 bits per heavy atom. The molecule has 2 aliphatic heterocycles. The summed E-state index contributed by atoms with van der Waals surface area (Å²) in [7, 11) is 2.60. The highest BCUT2D eigenvalue weighted by Crippen LogP contribution is 2.35. The summed E-state index contributed by atoms with van der Waals surface area (Å²) in [6, 6.07) is 18.0. The molecule has 0 radical (unpaired) electrons. The Labute approximate surface area is 314 Å². The highest BCUT2D eigenvalue weighted by atomic mass is 16.5. The maximum atomic E-state index is 12.6. The zero-order chi connectivity index (χ0) is 38.8. The van der Waals surface area contributed by atoms with Gasteiger partial charge < -0.3 is 31.6 Å². The van der Waals surface area contributed by atoms with Crippen molar-refractivity contribution in [2.75, 3.05) is 35.5 Å². The second-order valence-corrected chi connectivity index (χ2v) is 13.5. The van der Waals surface area contributed by atoms with Crippen molar-refractivity contribution in [2.45, 2.75) is 64.5 Å². The minimum atomic E-state index is -0.569. The highest BCUT2D eigenvalue weighted by molar-refractivity contribution is 5.99. The van der Waals surface area contributed by atoms with Gasteiger partial charge >= 0.3 is 12.2 Å². The maximum absolute atomic E-state index is 12.6. The van der Waals surface area contributed by atoms with Crippen LogP contribution in [0.2, 0.25) is 0 Å². The number of amides is 4. The highest BCUT2D eigenvalue weighted by Gasteiger charge is 2.21. The Kier molecular flexibility index (Phi) is 13.3. The second kappa shape index (κ2) is 18.3. The third-order valence-electron chi connectivity index (χ3n) is 9.56. The number of pyridine rings is 2. The summed E-state index contributed by atoms with van der Waals surface area (Å²) < 4.78 is 9.27. The molecule has 0 spiro atoms. The van der Waals surface area contributed by atoms with Crippen molar-refractivity contribution in [1.29, 1.82) is 0 Å². The molecule has 0 fully saturated rings. The molecule has 4 bridgehead atoms. The van der Waals surface area contributed by atoms with Gasteiger partial charge in [0, 0.05) is 58.8 Å². The van der Waals surface area contributed by atoms with Crippen molar-refractivity contribution in [1.82, 2.24) is 9.97 Å². The monoisotopic (exact) mass is 736 g/mol. The standard InChI is InChI=1S/2C20H24N4O3/c2*1-12-4-3-5-16(21)18-10-13(8-9-22-18)15-7-6-14(23-20(26)27-2)11-17(15)24-19(12)25/h2*6-12,16H,3-5,21H2,1-2H3,(H,23,26)(H,24,25)/t12-,16+;12-,16-/m10/s1. The number of nitrogens with two attached hydrogens (primary N) is 2. The van der Waals surface area contributed by atoms with E-state index in [-0.39, 0.29) is 35.7 Å². The number of carbonyl (C=O) groups is 4. The molecular weight excluding hydrogens is 688 g/mol. The Balaban J connectivity index is 0.000000208. The summed E-state index contributed by atoms with van der Waals surface area (Å²) in [6.07, 6.45) is 7.06. The predicted molar refractivity (Wildman–Crippen MR) is 209 cm³/mol. The zero-order valence-corrected chi connectivity index (χ0v) is 31.0. The van der Waals surface area contributed by atoms with Crippen LogP contribution >= 0.6 is 0 Å². The number of ether oxygens (including phenoxy) is 2. The van der Waals surface area contributed by atoms with Crippen LogP contribution in [0.25, 0.3) is 22.3 Å². The number of benzene rings is 2. The van der Waals surface area contributed by atoms with Crippen molar-refractivity contribution in [2.24, 2.45) is 23.3 Å². The van der Waals surface area contributed by atoms with Gasteiger partial charge in [-0.15, -0.1) is 0 Å². The number of nitrogens with zero attached hydrogens (tertiary/aromatic N) is 2. The average Bonchev–Trinajstić information content (AvgIpc) is 3.17. The third kappa shape index (κ3) is 10.2. The molecule has 2 aromatic carbocycles. The van der Waals surface area contributed by atoms with Crippen LogP contribution in [-0.2, 0) is 19.1 Å². The van der Waals surface area contributed by atoms with Gasteiger partial charge in [0.15, 0.2) is 0 Å². The minimum Gasteiger partial charge on any atom is -0.453 e. The lowest BCUT2D eigenvalue weighted by Gasteiger charge is -2.19. The van der Waals surface area contributed by atoms with E-state index in [9.17, 15) is 19.2 Å². The first-order chi connectivity index (χ1) is 25.9. The van der Waals surface area contributed by atoms with E-state index in [1.165, 1.54) is 14.2 Å². The van der Waals surface area contributed by atoms with Crippen LogP contribution in [0.3, 0.4) is 0 Å². The second-order valence-electron chi connectivity index (χ2n) is 13.5. The summed E-state index contributed by atoms with van der Waals surface area (Å²) in [5, 5.41) is 11.2. The Morgan fingerprint density at radius 3 is 1.44 bits per heavy atom. The molecule has 0 saturated carbocycles. The molecule has 14 heteroatoms. The van der Waals surface area contributed by atoms with Crippen LogP contribution in [0.15, 0.2) is 73.1 Å². The number of hydrogen-bond acceptors (Lipinski definition) is 10. The van der Waals surface area contributed by atoms with E-state index in [1.54, 1.807) is 36.7 Å². The summed E-state index contributed by atoms with van der Waals surface area (Å²) >= 11 is 0. The number of nitrogens with one attached hydrogen (secondary N) is 4. The van der Waals surface area contributed by atoms with Gasteiger partial charge in [0.25, 0.3) is 0 Å². The van der Waals surface area contributed by atoms with E-state index in [1.807, 2.05) is 50.2 Å². The van der Waals surface area contributed by atoms with E-state index in [2.05, 4.69) is 40.7 Å². The van der Waals surface area contributed by atoms with Crippen LogP contribution in [0.5, 0.6) is 0 Å². The van der Waals surface area contributed by atoms with E-state index in [4.69, 9.17) is 11.5 Å². The molecule has 4 amide bonds. The van der Waals surface area contributed by atoms with Gasteiger partial charge in [-0.05, 0) is 85.3 Å². The van der Waals surface area contributed by atoms with Crippen molar-refractivity contribution in [3.8, 4) is 22.3 Å².